The molecule has 0 radical (unpaired) electrons. The number of halogens is 1. The van der Waals surface area contributed by atoms with E-state index in [1.54, 1.807) is 13.2 Å². The molecule has 1 aliphatic carbocycles. The number of rotatable bonds is 2. The number of anilines is 1. The van der Waals surface area contributed by atoms with Crippen molar-refractivity contribution in [1.29, 1.82) is 0 Å². The van der Waals surface area contributed by atoms with Crippen molar-refractivity contribution in [3.8, 4) is 0 Å². The highest BCUT2D eigenvalue weighted by Gasteiger charge is 2.25. The van der Waals surface area contributed by atoms with Crippen LogP contribution in [0.15, 0.2) is 16.9 Å². The first kappa shape index (κ1) is 19.1. The summed E-state index contributed by atoms with van der Waals surface area (Å²) in [5, 5.41) is 15.3. The lowest BCUT2D eigenvalue weighted by molar-refractivity contribution is 0.0588. The topological polar surface area (TPSA) is 80.5 Å². The zero-order valence-corrected chi connectivity index (χ0v) is 17.2. The molecule has 0 spiro atoms. The average molecular weight is 425 g/mol. The van der Waals surface area contributed by atoms with E-state index in [4.69, 9.17) is 4.74 Å². The first-order valence-corrected chi connectivity index (χ1v) is 9.63. The largest absolute Gasteiger partial charge is 0.443 e. The van der Waals surface area contributed by atoms with E-state index in [1.165, 1.54) is 4.90 Å². The molecule has 1 N–H and O–H groups in total. The molecular formula is C18H25BrN4O3. The number of amides is 1. The van der Waals surface area contributed by atoms with Gasteiger partial charge in [-0.1, -0.05) is 0 Å². The number of aliphatic hydroxyl groups excluding tert-OH is 1. The summed E-state index contributed by atoms with van der Waals surface area (Å²) >= 11 is 3.50. The molecule has 0 aromatic carbocycles. The number of aromatic nitrogens is 3. The lowest BCUT2D eigenvalue weighted by atomic mass is 9.93. The van der Waals surface area contributed by atoms with Crippen molar-refractivity contribution in [1.82, 2.24) is 14.8 Å². The first-order chi connectivity index (χ1) is 12.2. The van der Waals surface area contributed by atoms with E-state index in [9.17, 15) is 9.90 Å². The molecule has 1 amide bonds. The molecule has 1 fully saturated rings. The number of fused-ring (bicyclic) bond motifs is 1. The molecule has 142 valence electrons. The minimum Gasteiger partial charge on any atom is -0.443 e. The lowest BCUT2D eigenvalue weighted by Crippen LogP contribution is -2.34. The third kappa shape index (κ3) is 4.01. The molecule has 8 heteroatoms. The van der Waals surface area contributed by atoms with E-state index in [-0.39, 0.29) is 12.1 Å². The molecule has 2 aromatic heterocycles. The van der Waals surface area contributed by atoms with E-state index >= 15 is 0 Å². The van der Waals surface area contributed by atoms with Crippen molar-refractivity contribution in [2.75, 3.05) is 11.9 Å². The molecule has 7 nitrogen and oxygen atoms in total. The monoisotopic (exact) mass is 424 g/mol. The fourth-order valence-corrected chi connectivity index (χ4v) is 3.65. The van der Waals surface area contributed by atoms with Crippen molar-refractivity contribution in [3.63, 3.8) is 0 Å². The van der Waals surface area contributed by atoms with Crippen LogP contribution in [0.5, 0.6) is 0 Å². The molecule has 0 saturated heterocycles. The average Bonchev–Trinajstić information content (AvgIpc) is 2.90. The maximum atomic E-state index is 12.3. The fraction of sp³-hybridized carbons (Fsp3) is 0.611. The minimum absolute atomic E-state index is 0.216. The number of hydrogen-bond acceptors (Lipinski definition) is 5. The Bertz CT molecular complexity index is 807. The van der Waals surface area contributed by atoms with Crippen molar-refractivity contribution in [2.24, 2.45) is 0 Å². The van der Waals surface area contributed by atoms with Crippen LogP contribution in [0.3, 0.4) is 0 Å². The Morgan fingerprint density at radius 2 is 2.00 bits per heavy atom. The molecular weight excluding hydrogens is 400 g/mol. The zero-order valence-electron chi connectivity index (χ0n) is 15.6. The van der Waals surface area contributed by atoms with Gasteiger partial charge in [0.15, 0.2) is 0 Å². The van der Waals surface area contributed by atoms with E-state index in [2.05, 4.69) is 26.0 Å². The zero-order chi connectivity index (χ0) is 19.1. The van der Waals surface area contributed by atoms with Gasteiger partial charge in [-0.15, -0.1) is 0 Å². The van der Waals surface area contributed by atoms with Crippen LogP contribution >= 0.6 is 15.9 Å². The van der Waals surface area contributed by atoms with Crippen LogP contribution in [-0.2, 0) is 4.74 Å². The number of hydrogen-bond donors (Lipinski definition) is 1. The van der Waals surface area contributed by atoms with Crippen molar-refractivity contribution in [3.05, 3.63) is 16.9 Å². The first-order valence-electron chi connectivity index (χ1n) is 8.84. The van der Waals surface area contributed by atoms with E-state index in [0.717, 1.165) is 41.2 Å². The van der Waals surface area contributed by atoms with Crippen LogP contribution in [0, 0.1) is 0 Å². The van der Waals surface area contributed by atoms with Crippen LogP contribution < -0.4 is 4.90 Å². The van der Waals surface area contributed by atoms with Crippen molar-refractivity contribution >= 4 is 38.7 Å². The maximum absolute atomic E-state index is 12.3. The van der Waals surface area contributed by atoms with Gasteiger partial charge in [0.25, 0.3) is 0 Å². The number of carbonyl (C=O) groups excluding carboxylic acids is 1. The van der Waals surface area contributed by atoms with Gasteiger partial charge < -0.3 is 9.84 Å². The summed E-state index contributed by atoms with van der Waals surface area (Å²) in [6, 6.07) is 2.09. The molecule has 26 heavy (non-hydrogen) atoms. The van der Waals surface area contributed by atoms with Gasteiger partial charge in [-0.05, 0) is 62.4 Å². The molecule has 1 aliphatic rings. The Labute approximate surface area is 161 Å². The highest BCUT2D eigenvalue weighted by molar-refractivity contribution is 9.10. The van der Waals surface area contributed by atoms with Gasteiger partial charge in [0, 0.05) is 19.3 Å². The van der Waals surface area contributed by atoms with Crippen LogP contribution in [0.25, 0.3) is 10.9 Å². The highest BCUT2D eigenvalue weighted by Crippen LogP contribution is 2.34. The Morgan fingerprint density at radius 1 is 1.35 bits per heavy atom. The minimum atomic E-state index is -0.566. The molecule has 0 unspecified atom stereocenters. The molecule has 1 saturated carbocycles. The number of ether oxygens (including phenoxy) is 1. The van der Waals surface area contributed by atoms with Crippen LogP contribution in [0.2, 0.25) is 0 Å². The van der Waals surface area contributed by atoms with Crippen LogP contribution in [-0.4, -0.2) is 44.7 Å². The standard InChI is InChI=1S/C18H25BrN4O3/c1-18(2,3)26-17(25)22(4)15-9-14-13(10-20-15)16(19)21-23(14)11-5-7-12(24)8-6-11/h9-12,24H,5-8H2,1-4H3. The maximum Gasteiger partial charge on any atom is 0.415 e. The number of aliphatic hydroxyl groups is 1. The summed E-state index contributed by atoms with van der Waals surface area (Å²) in [6.45, 7) is 5.50. The predicted octanol–water partition coefficient (Wildman–Crippen LogP) is 4.04. The van der Waals surface area contributed by atoms with Crippen LogP contribution in [0.4, 0.5) is 10.6 Å². The smallest absolute Gasteiger partial charge is 0.415 e. The molecule has 2 aromatic rings. The summed E-state index contributed by atoms with van der Waals surface area (Å²) < 4.78 is 8.14. The van der Waals surface area contributed by atoms with Gasteiger partial charge in [0.05, 0.1) is 23.0 Å². The quantitative estimate of drug-likeness (QED) is 0.786. The second-order valence-corrected chi connectivity index (χ2v) is 8.55. The van der Waals surface area contributed by atoms with Gasteiger partial charge >= 0.3 is 6.09 Å². The summed E-state index contributed by atoms with van der Waals surface area (Å²) in [7, 11) is 1.65. The van der Waals surface area contributed by atoms with Crippen LogP contribution in [0.1, 0.15) is 52.5 Å². The Kier molecular flexibility index (Phi) is 5.25. The molecule has 0 aliphatic heterocycles. The third-order valence-corrected chi connectivity index (χ3v) is 5.14. The number of carbonyl (C=O) groups is 1. The Morgan fingerprint density at radius 3 is 2.62 bits per heavy atom. The van der Waals surface area contributed by atoms with Gasteiger partial charge in [-0.2, -0.15) is 5.10 Å². The van der Waals surface area contributed by atoms with E-state index < -0.39 is 11.7 Å². The summed E-state index contributed by atoms with van der Waals surface area (Å²) in [5.74, 6) is 0.510. The van der Waals surface area contributed by atoms with Crippen molar-refractivity contribution < 1.29 is 14.6 Å². The highest BCUT2D eigenvalue weighted by atomic mass is 79.9. The normalized spacial score (nSPS) is 21.0. The molecule has 0 atom stereocenters. The fourth-order valence-electron chi connectivity index (χ4n) is 3.17. The lowest BCUT2D eigenvalue weighted by Gasteiger charge is -2.26. The predicted molar refractivity (Wildman–Crippen MR) is 103 cm³/mol. The summed E-state index contributed by atoms with van der Waals surface area (Å²) in [4.78, 5) is 18.1. The summed E-state index contributed by atoms with van der Waals surface area (Å²) in [5.41, 5.74) is 0.349. The SMILES string of the molecule is CN(C(=O)OC(C)(C)C)c1cc2c(cn1)c(Br)nn2C1CCC(O)CC1. The van der Waals surface area contributed by atoms with E-state index in [0.29, 0.717) is 5.82 Å². The molecule has 0 bridgehead atoms. The van der Waals surface area contributed by atoms with Gasteiger partial charge in [0.2, 0.25) is 0 Å². The Hall–Kier alpha value is -1.67. The molecule has 2 heterocycles. The summed E-state index contributed by atoms with van der Waals surface area (Å²) in [6.07, 6.45) is 4.37. The number of pyridine rings is 1. The second-order valence-electron chi connectivity index (χ2n) is 7.80. The van der Waals surface area contributed by atoms with Gasteiger partial charge in [0.1, 0.15) is 16.0 Å². The molecule has 3 rings (SSSR count). The Balaban J connectivity index is 1.92. The van der Waals surface area contributed by atoms with Gasteiger partial charge in [-0.3, -0.25) is 9.58 Å². The number of nitrogens with zero attached hydrogens (tertiary/aromatic N) is 4. The second kappa shape index (κ2) is 7.15. The van der Waals surface area contributed by atoms with E-state index in [1.807, 2.05) is 31.5 Å². The van der Waals surface area contributed by atoms with Gasteiger partial charge in [-0.25, -0.2) is 9.78 Å². The van der Waals surface area contributed by atoms with Crippen molar-refractivity contribution in [2.45, 2.75) is 64.2 Å². The third-order valence-electron chi connectivity index (χ3n) is 4.56.